The van der Waals surface area contributed by atoms with Crippen molar-refractivity contribution in [3.63, 3.8) is 0 Å². The van der Waals surface area contributed by atoms with Gasteiger partial charge in [-0.15, -0.1) is 0 Å². The number of pyridine rings is 1. The SMILES string of the molecule is COc1cc(NC(=S)N(Cc2ccccn2)Cc2ccco2)cc(OC)c1. The van der Waals surface area contributed by atoms with E-state index in [2.05, 4.69) is 10.3 Å². The monoisotopic (exact) mass is 383 g/mol. The standard InChI is InChI=1S/C20H21N3O3S/c1-24-18-10-16(11-19(12-18)25-2)22-20(27)23(14-17-7-5-9-26-17)13-15-6-3-4-8-21-15/h3-12H,13-14H2,1-2H3,(H,22,27). The molecular weight excluding hydrogens is 362 g/mol. The summed E-state index contributed by atoms with van der Waals surface area (Å²) in [5.41, 5.74) is 1.69. The summed E-state index contributed by atoms with van der Waals surface area (Å²) in [4.78, 5) is 6.38. The second-order valence-corrected chi connectivity index (χ2v) is 6.17. The molecule has 27 heavy (non-hydrogen) atoms. The van der Waals surface area contributed by atoms with Gasteiger partial charge in [0.1, 0.15) is 17.3 Å². The highest BCUT2D eigenvalue weighted by atomic mass is 32.1. The lowest BCUT2D eigenvalue weighted by atomic mass is 10.2. The lowest BCUT2D eigenvalue weighted by Crippen LogP contribution is -2.34. The van der Waals surface area contributed by atoms with Crippen LogP contribution < -0.4 is 14.8 Å². The average molecular weight is 383 g/mol. The number of ether oxygens (including phenoxy) is 2. The summed E-state index contributed by atoms with van der Waals surface area (Å²) < 4.78 is 16.1. The van der Waals surface area contributed by atoms with Gasteiger partial charge in [-0.05, 0) is 36.5 Å². The Morgan fingerprint density at radius 1 is 1.07 bits per heavy atom. The smallest absolute Gasteiger partial charge is 0.174 e. The zero-order valence-electron chi connectivity index (χ0n) is 15.2. The van der Waals surface area contributed by atoms with Crippen LogP contribution in [-0.4, -0.2) is 29.2 Å². The van der Waals surface area contributed by atoms with E-state index in [1.165, 1.54) is 0 Å². The lowest BCUT2D eigenvalue weighted by molar-refractivity contribution is 0.357. The molecule has 0 unspecified atom stereocenters. The molecule has 1 N–H and O–H groups in total. The summed E-state index contributed by atoms with van der Waals surface area (Å²) in [6.07, 6.45) is 3.42. The van der Waals surface area contributed by atoms with E-state index in [9.17, 15) is 0 Å². The van der Waals surface area contributed by atoms with Crippen molar-refractivity contribution in [1.82, 2.24) is 9.88 Å². The number of anilines is 1. The van der Waals surface area contributed by atoms with E-state index in [0.717, 1.165) is 17.1 Å². The molecule has 0 aliphatic carbocycles. The molecule has 7 heteroatoms. The average Bonchev–Trinajstić information content (AvgIpc) is 3.21. The molecule has 2 aromatic heterocycles. The van der Waals surface area contributed by atoms with E-state index in [1.54, 1.807) is 26.7 Å². The zero-order valence-corrected chi connectivity index (χ0v) is 16.0. The van der Waals surface area contributed by atoms with Gasteiger partial charge in [0.2, 0.25) is 0 Å². The molecule has 0 fully saturated rings. The molecule has 0 atom stereocenters. The minimum absolute atomic E-state index is 0.524. The number of aromatic nitrogens is 1. The maximum Gasteiger partial charge on any atom is 0.174 e. The van der Waals surface area contributed by atoms with Gasteiger partial charge in [0.15, 0.2) is 5.11 Å². The number of hydrogen-bond donors (Lipinski definition) is 1. The summed E-state index contributed by atoms with van der Waals surface area (Å²) in [5.74, 6) is 2.18. The number of hydrogen-bond acceptors (Lipinski definition) is 5. The molecule has 2 heterocycles. The van der Waals surface area contributed by atoms with E-state index in [1.807, 2.05) is 53.4 Å². The highest BCUT2D eigenvalue weighted by Crippen LogP contribution is 2.26. The Kier molecular flexibility index (Phi) is 6.27. The first-order chi connectivity index (χ1) is 13.2. The Labute approximate surface area is 163 Å². The number of benzene rings is 1. The number of nitrogens with zero attached hydrogens (tertiary/aromatic N) is 2. The minimum atomic E-state index is 0.524. The molecule has 3 rings (SSSR count). The number of nitrogens with one attached hydrogen (secondary N) is 1. The maximum absolute atomic E-state index is 5.65. The fourth-order valence-corrected chi connectivity index (χ4v) is 2.81. The third-order valence-electron chi connectivity index (χ3n) is 3.90. The van der Waals surface area contributed by atoms with Gasteiger partial charge in [0.25, 0.3) is 0 Å². The first kappa shape index (κ1) is 18.7. The fraction of sp³-hybridized carbons (Fsp3) is 0.200. The van der Waals surface area contributed by atoms with Crippen LogP contribution in [0.4, 0.5) is 5.69 Å². The van der Waals surface area contributed by atoms with Crippen LogP contribution in [0.2, 0.25) is 0 Å². The van der Waals surface area contributed by atoms with Crippen LogP contribution in [0.15, 0.2) is 65.4 Å². The summed E-state index contributed by atoms with van der Waals surface area (Å²) in [5, 5.41) is 3.80. The lowest BCUT2D eigenvalue weighted by Gasteiger charge is -2.25. The van der Waals surface area contributed by atoms with Crippen molar-refractivity contribution >= 4 is 23.0 Å². The number of methoxy groups -OCH3 is 2. The molecule has 6 nitrogen and oxygen atoms in total. The van der Waals surface area contributed by atoms with Gasteiger partial charge in [-0.3, -0.25) is 4.98 Å². The largest absolute Gasteiger partial charge is 0.497 e. The number of rotatable bonds is 7. The molecule has 0 saturated carbocycles. The van der Waals surface area contributed by atoms with Crippen molar-refractivity contribution in [3.05, 3.63) is 72.4 Å². The zero-order chi connectivity index (χ0) is 19.1. The van der Waals surface area contributed by atoms with Crippen LogP contribution in [0, 0.1) is 0 Å². The molecule has 0 aliphatic rings. The molecule has 0 amide bonds. The van der Waals surface area contributed by atoms with Crippen LogP contribution in [0.1, 0.15) is 11.5 Å². The van der Waals surface area contributed by atoms with Gasteiger partial charge < -0.3 is 24.1 Å². The Morgan fingerprint density at radius 2 is 1.85 bits per heavy atom. The highest BCUT2D eigenvalue weighted by molar-refractivity contribution is 7.80. The minimum Gasteiger partial charge on any atom is -0.497 e. The molecule has 0 radical (unpaired) electrons. The number of furan rings is 1. The molecule has 3 aromatic rings. The van der Waals surface area contributed by atoms with Crippen LogP contribution in [0.3, 0.4) is 0 Å². The van der Waals surface area contributed by atoms with Crippen molar-refractivity contribution in [3.8, 4) is 11.5 Å². The van der Waals surface area contributed by atoms with Crippen LogP contribution in [0.5, 0.6) is 11.5 Å². The second-order valence-electron chi connectivity index (χ2n) is 5.79. The third kappa shape index (κ3) is 5.21. The quantitative estimate of drug-likeness (QED) is 0.617. The van der Waals surface area contributed by atoms with Crippen molar-refractivity contribution in [2.75, 3.05) is 19.5 Å². The Bertz CT molecular complexity index is 847. The van der Waals surface area contributed by atoms with Crippen LogP contribution >= 0.6 is 12.2 Å². The molecule has 0 aliphatic heterocycles. The van der Waals surface area contributed by atoms with Crippen molar-refractivity contribution < 1.29 is 13.9 Å². The van der Waals surface area contributed by atoms with Gasteiger partial charge in [0.05, 0.1) is 39.3 Å². The van der Waals surface area contributed by atoms with E-state index < -0.39 is 0 Å². The van der Waals surface area contributed by atoms with E-state index in [4.69, 9.17) is 26.1 Å². The Hall–Kier alpha value is -3.06. The van der Waals surface area contributed by atoms with Crippen LogP contribution in [-0.2, 0) is 13.1 Å². The summed E-state index contributed by atoms with van der Waals surface area (Å²) >= 11 is 5.65. The molecular formula is C20H21N3O3S. The topological polar surface area (TPSA) is 59.8 Å². The van der Waals surface area contributed by atoms with Gasteiger partial charge in [-0.1, -0.05) is 6.07 Å². The van der Waals surface area contributed by atoms with Gasteiger partial charge in [-0.25, -0.2) is 0 Å². The van der Waals surface area contributed by atoms with E-state index in [0.29, 0.717) is 29.7 Å². The van der Waals surface area contributed by atoms with Crippen molar-refractivity contribution in [2.45, 2.75) is 13.1 Å². The predicted molar refractivity (Wildman–Crippen MR) is 108 cm³/mol. The van der Waals surface area contributed by atoms with Crippen LogP contribution in [0.25, 0.3) is 0 Å². The van der Waals surface area contributed by atoms with Gasteiger partial charge in [0, 0.05) is 30.1 Å². The molecule has 0 saturated heterocycles. The van der Waals surface area contributed by atoms with Gasteiger partial charge in [-0.2, -0.15) is 0 Å². The predicted octanol–water partition coefficient (Wildman–Crippen LogP) is 4.09. The molecule has 0 bridgehead atoms. The van der Waals surface area contributed by atoms with E-state index in [-0.39, 0.29) is 0 Å². The highest BCUT2D eigenvalue weighted by Gasteiger charge is 2.14. The third-order valence-corrected chi connectivity index (χ3v) is 4.26. The first-order valence-corrected chi connectivity index (χ1v) is 8.80. The fourth-order valence-electron chi connectivity index (χ4n) is 2.56. The Balaban J connectivity index is 1.79. The summed E-state index contributed by atoms with van der Waals surface area (Å²) in [6, 6.07) is 15.1. The maximum atomic E-state index is 5.65. The molecule has 1 aromatic carbocycles. The molecule has 0 spiro atoms. The Morgan fingerprint density at radius 3 is 2.44 bits per heavy atom. The molecule has 140 valence electrons. The first-order valence-electron chi connectivity index (χ1n) is 8.39. The summed E-state index contributed by atoms with van der Waals surface area (Å²) in [7, 11) is 3.22. The van der Waals surface area contributed by atoms with Crippen molar-refractivity contribution in [2.24, 2.45) is 0 Å². The normalized spacial score (nSPS) is 10.3. The van der Waals surface area contributed by atoms with Crippen molar-refractivity contribution in [1.29, 1.82) is 0 Å². The second kappa shape index (κ2) is 9.05. The van der Waals surface area contributed by atoms with Gasteiger partial charge >= 0.3 is 0 Å². The summed E-state index contributed by atoms with van der Waals surface area (Å²) in [6.45, 7) is 1.07. The number of thiocarbonyl (C=S) groups is 1. The van der Waals surface area contributed by atoms with E-state index >= 15 is 0 Å².